The Labute approximate surface area is 111 Å². The van der Waals surface area contributed by atoms with E-state index in [1.54, 1.807) is 0 Å². The van der Waals surface area contributed by atoms with Crippen molar-refractivity contribution in [1.82, 2.24) is 5.32 Å². The van der Waals surface area contributed by atoms with Crippen molar-refractivity contribution >= 4 is 0 Å². The van der Waals surface area contributed by atoms with Crippen molar-refractivity contribution in [3.8, 4) is 5.75 Å². The number of nitrogens with one attached hydrogen (secondary N) is 1. The summed E-state index contributed by atoms with van der Waals surface area (Å²) in [4.78, 5) is 0. The van der Waals surface area contributed by atoms with Crippen LogP contribution in [0.3, 0.4) is 0 Å². The van der Waals surface area contributed by atoms with Gasteiger partial charge in [0.25, 0.3) is 0 Å². The Morgan fingerprint density at radius 2 is 2.06 bits per heavy atom. The van der Waals surface area contributed by atoms with E-state index in [0.29, 0.717) is 12.6 Å². The summed E-state index contributed by atoms with van der Waals surface area (Å²) in [6.07, 6.45) is 2.10. The number of aryl methyl sites for hydroxylation is 1. The van der Waals surface area contributed by atoms with Crippen LogP contribution in [-0.4, -0.2) is 12.6 Å². The van der Waals surface area contributed by atoms with E-state index in [4.69, 9.17) is 4.74 Å². The normalized spacial score (nSPS) is 10.6. The molecule has 0 radical (unpaired) electrons. The summed E-state index contributed by atoms with van der Waals surface area (Å²) in [7, 11) is 0. The van der Waals surface area contributed by atoms with Crippen LogP contribution in [0.1, 0.15) is 38.8 Å². The maximum Gasteiger partial charge on any atom is 0.124 e. The van der Waals surface area contributed by atoms with E-state index in [1.807, 2.05) is 0 Å². The molecule has 2 heteroatoms. The SMILES string of the molecule is CC(C)=CCOc1ccc(C)cc1CNC(C)C. The van der Waals surface area contributed by atoms with Gasteiger partial charge in [-0.3, -0.25) is 0 Å². The fraction of sp³-hybridized carbons (Fsp3) is 0.500. The largest absolute Gasteiger partial charge is 0.489 e. The number of ether oxygens (including phenoxy) is 1. The zero-order chi connectivity index (χ0) is 13.5. The smallest absolute Gasteiger partial charge is 0.124 e. The summed E-state index contributed by atoms with van der Waals surface area (Å²) in [5, 5.41) is 3.43. The Hall–Kier alpha value is -1.28. The fourth-order valence-electron chi connectivity index (χ4n) is 1.60. The molecule has 1 rings (SSSR count). The van der Waals surface area contributed by atoms with Gasteiger partial charge >= 0.3 is 0 Å². The summed E-state index contributed by atoms with van der Waals surface area (Å²) in [5.74, 6) is 0.978. The van der Waals surface area contributed by atoms with Crippen molar-refractivity contribution in [3.63, 3.8) is 0 Å². The highest BCUT2D eigenvalue weighted by Gasteiger charge is 2.04. The molecule has 0 aliphatic carbocycles. The number of allylic oxidation sites excluding steroid dienone is 1. The molecule has 100 valence electrons. The van der Waals surface area contributed by atoms with Crippen LogP contribution in [0.2, 0.25) is 0 Å². The van der Waals surface area contributed by atoms with Gasteiger partial charge in [-0.05, 0) is 32.9 Å². The number of hydrogen-bond donors (Lipinski definition) is 1. The molecule has 0 aliphatic heterocycles. The van der Waals surface area contributed by atoms with E-state index >= 15 is 0 Å². The second-order valence-corrected chi connectivity index (χ2v) is 5.24. The molecule has 0 aromatic heterocycles. The van der Waals surface area contributed by atoms with Gasteiger partial charge in [-0.25, -0.2) is 0 Å². The lowest BCUT2D eigenvalue weighted by molar-refractivity contribution is 0.356. The Bertz CT molecular complexity index is 404. The summed E-state index contributed by atoms with van der Waals surface area (Å²) >= 11 is 0. The van der Waals surface area contributed by atoms with Gasteiger partial charge in [-0.1, -0.05) is 37.1 Å². The summed E-state index contributed by atoms with van der Waals surface area (Å²) in [6.45, 7) is 12.1. The summed E-state index contributed by atoms with van der Waals surface area (Å²) < 4.78 is 5.82. The first kappa shape index (κ1) is 14.8. The predicted octanol–water partition coefficient (Wildman–Crippen LogP) is 3.84. The van der Waals surface area contributed by atoms with Gasteiger partial charge in [-0.2, -0.15) is 0 Å². The third-order valence-corrected chi connectivity index (χ3v) is 2.65. The van der Waals surface area contributed by atoms with Crippen molar-refractivity contribution in [2.45, 2.75) is 47.2 Å². The molecule has 0 saturated heterocycles. The first-order valence-electron chi connectivity index (χ1n) is 6.58. The van der Waals surface area contributed by atoms with Crippen molar-refractivity contribution in [2.75, 3.05) is 6.61 Å². The minimum absolute atomic E-state index is 0.483. The van der Waals surface area contributed by atoms with E-state index in [-0.39, 0.29) is 0 Å². The van der Waals surface area contributed by atoms with Crippen molar-refractivity contribution in [3.05, 3.63) is 41.0 Å². The van der Waals surface area contributed by atoms with Crippen molar-refractivity contribution < 1.29 is 4.74 Å². The van der Waals surface area contributed by atoms with Crippen molar-refractivity contribution in [2.24, 2.45) is 0 Å². The highest BCUT2D eigenvalue weighted by atomic mass is 16.5. The average molecular weight is 247 g/mol. The van der Waals surface area contributed by atoms with Crippen LogP contribution >= 0.6 is 0 Å². The van der Waals surface area contributed by atoms with Gasteiger partial charge < -0.3 is 10.1 Å². The van der Waals surface area contributed by atoms with E-state index in [0.717, 1.165) is 12.3 Å². The third kappa shape index (κ3) is 5.37. The third-order valence-electron chi connectivity index (χ3n) is 2.65. The quantitative estimate of drug-likeness (QED) is 0.771. The Morgan fingerprint density at radius 3 is 2.67 bits per heavy atom. The first-order chi connectivity index (χ1) is 8.49. The molecule has 1 aromatic carbocycles. The van der Waals surface area contributed by atoms with E-state index < -0.39 is 0 Å². The number of benzene rings is 1. The van der Waals surface area contributed by atoms with Gasteiger partial charge in [0.15, 0.2) is 0 Å². The molecule has 0 fully saturated rings. The molecule has 0 heterocycles. The van der Waals surface area contributed by atoms with Crippen LogP contribution < -0.4 is 10.1 Å². The lowest BCUT2D eigenvalue weighted by Gasteiger charge is -2.14. The lowest BCUT2D eigenvalue weighted by Crippen LogP contribution is -2.22. The number of hydrogen-bond acceptors (Lipinski definition) is 2. The highest BCUT2D eigenvalue weighted by Crippen LogP contribution is 2.20. The van der Waals surface area contributed by atoms with Crippen molar-refractivity contribution in [1.29, 1.82) is 0 Å². The Balaban J connectivity index is 2.72. The van der Waals surface area contributed by atoms with Gasteiger partial charge in [-0.15, -0.1) is 0 Å². The van der Waals surface area contributed by atoms with E-state index in [1.165, 1.54) is 16.7 Å². The molecule has 0 spiro atoms. The van der Waals surface area contributed by atoms with Gasteiger partial charge in [0.2, 0.25) is 0 Å². The second kappa shape index (κ2) is 7.22. The molecule has 1 N–H and O–H groups in total. The Kier molecular flexibility index (Phi) is 5.93. The van der Waals surface area contributed by atoms with Crippen LogP contribution in [0.5, 0.6) is 5.75 Å². The fourth-order valence-corrected chi connectivity index (χ4v) is 1.60. The van der Waals surface area contributed by atoms with Crippen LogP contribution in [0.4, 0.5) is 0 Å². The minimum atomic E-state index is 0.483. The predicted molar refractivity (Wildman–Crippen MR) is 78.1 cm³/mol. The molecule has 1 aromatic rings. The highest BCUT2D eigenvalue weighted by molar-refractivity contribution is 5.37. The number of rotatable bonds is 6. The van der Waals surface area contributed by atoms with Crippen LogP contribution in [0, 0.1) is 6.92 Å². The zero-order valence-electron chi connectivity index (χ0n) is 12.2. The first-order valence-corrected chi connectivity index (χ1v) is 6.58. The standard InChI is InChI=1S/C16H25NO/c1-12(2)8-9-18-16-7-6-14(5)10-15(16)11-17-13(3)4/h6-8,10,13,17H,9,11H2,1-5H3. The summed E-state index contributed by atoms with van der Waals surface area (Å²) in [6, 6.07) is 6.83. The molecule has 0 saturated carbocycles. The molecular formula is C16H25NO. The van der Waals surface area contributed by atoms with Gasteiger partial charge in [0.05, 0.1) is 0 Å². The molecule has 0 aliphatic rings. The second-order valence-electron chi connectivity index (χ2n) is 5.24. The van der Waals surface area contributed by atoms with Crippen LogP contribution in [0.25, 0.3) is 0 Å². The monoisotopic (exact) mass is 247 g/mol. The van der Waals surface area contributed by atoms with Crippen LogP contribution in [-0.2, 0) is 6.54 Å². The molecule has 2 nitrogen and oxygen atoms in total. The van der Waals surface area contributed by atoms with Crippen LogP contribution in [0.15, 0.2) is 29.8 Å². The minimum Gasteiger partial charge on any atom is -0.489 e. The maximum atomic E-state index is 5.82. The zero-order valence-corrected chi connectivity index (χ0v) is 12.2. The molecule has 0 unspecified atom stereocenters. The molecule has 18 heavy (non-hydrogen) atoms. The van der Waals surface area contributed by atoms with Gasteiger partial charge in [0.1, 0.15) is 12.4 Å². The van der Waals surface area contributed by atoms with E-state index in [2.05, 4.69) is 64.2 Å². The average Bonchev–Trinajstić information content (AvgIpc) is 2.28. The molecule has 0 bridgehead atoms. The van der Waals surface area contributed by atoms with E-state index in [9.17, 15) is 0 Å². The molecule has 0 atom stereocenters. The maximum absolute atomic E-state index is 5.82. The summed E-state index contributed by atoms with van der Waals surface area (Å²) in [5.41, 5.74) is 3.78. The lowest BCUT2D eigenvalue weighted by atomic mass is 10.1. The van der Waals surface area contributed by atoms with Gasteiger partial charge in [0, 0.05) is 18.2 Å². The topological polar surface area (TPSA) is 21.3 Å². The Morgan fingerprint density at radius 1 is 1.33 bits per heavy atom. The molecule has 0 amide bonds. The molecular weight excluding hydrogens is 222 g/mol.